The van der Waals surface area contributed by atoms with Crippen LogP contribution in [0.15, 0.2) is 42.6 Å². The van der Waals surface area contributed by atoms with Crippen LogP contribution in [0.4, 0.5) is 5.82 Å². The van der Waals surface area contributed by atoms with Crippen molar-refractivity contribution in [1.29, 1.82) is 0 Å². The molecule has 2 N–H and O–H groups in total. The molecule has 1 aromatic carbocycles. The van der Waals surface area contributed by atoms with Gasteiger partial charge in [-0.15, -0.1) is 0 Å². The normalized spacial score (nSPS) is 15.9. The Morgan fingerprint density at radius 1 is 1.32 bits per heavy atom. The van der Waals surface area contributed by atoms with Crippen LogP contribution in [0, 0.1) is 0 Å². The summed E-state index contributed by atoms with van der Waals surface area (Å²) in [5.74, 6) is -0.272. The highest BCUT2D eigenvalue weighted by atomic mass is 35.5. The molecule has 1 aromatic heterocycles. The Morgan fingerprint density at radius 2 is 2.14 bits per heavy atom. The summed E-state index contributed by atoms with van der Waals surface area (Å²) in [6, 6.07) is 11.3. The molecule has 0 atom stereocenters. The van der Waals surface area contributed by atoms with Crippen molar-refractivity contribution in [2.45, 2.75) is 24.7 Å². The first-order valence-electron chi connectivity index (χ1n) is 7.28. The number of carboxylic acids is 1. The number of halogens is 1. The zero-order valence-corrected chi connectivity index (χ0v) is 12.8. The molecule has 1 saturated carbocycles. The van der Waals surface area contributed by atoms with Crippen LogP contribution >= 0.6 is 11.6 Å². The molecule has 0 saturated heterocycles. The van der Waals surface area contributed by atoms with E-state index in [1.807, 2.05) is 18.2 Å². The van der Waals surface area contributed by atoms with E-state index in [-0.39, 0.29) is 11.0 Å². The van der Waals surface area contributed by atoms with E-state index in [1.54, 1.807) is 12.1 Å². The Kier molecular flexibility index (Phi) is 4.03. The summed E-state index contributed by atoms with van der Waals surface area (Å²) in [4.78, 5) is 15.0. The summed E-state index contributed by atoms with van der Waals surface area (Å²) >= 11 is 6.11. The number of benzene rings is 1. The maximum absolute atomic E-state index is 10.8. The fraction of sp³-hybridized carbons (Fsp3) is 0.294. The van der Waals surface area contributed by atoms with Gasteiger partial charge in [0.15, 0.2) is 0 Å². The topological polar surface area (TPSA) is 62.2 Å². The minimum Gasteiger partial charge on any atom is -0.478 e. The zero-order chi connectivity index (χ0) is 15.6. The minimum atomic E-state index is -0.964. The van der Waals surface area contributed by atoms with Gasteiger partial charge in [-0.25, -0.2) is 9.78 Å². The molecule has 0 radical (unpaired) electrons. The standard InChI is InChI=1S/C17H17ClN2O2/c18-14-4-1-3-13(9-14)17(7-2-8-17)11-20-15-6-5-12(10-19-15)16(21)22/h1,3-6,9-10H,2,7-8,11H2,(H,19,20)(H,21,22). The number of carboxylic acid groups (broad SMARTS) is 1. The third-order valence-electron chi connectivity index (χ3n) is 4.37. The van der Waals surface area contributed by atoms with Gasteiger partial charge in [0, 0.05) is 23.2 Å². The molecule has 1 aliphatic rings. The van der Waals surface area contributed by atoms with Crippen LogP contribution in [0.2, 0.25) is 5.02 Å². The summed E-state index contributed by atoms with van der Waals surface area (Å²) in [6.07, 6.45) is 4.82. The van der Waals surface area contributed by atoms with E-state index in [9.17, 15) is 4.79 Å². The molecule has 0 bridgehead atoms. The average molecular weight is 317 g/mol. The molecule has 114 valence electrons. The Morgan fingerprint density at radius 3 is 2.68 bits per heavy atom. The highest BCUT2D eigenvalue weighted by Gasteiger charge is 2.38. The lowest BCUT2D eigenvalue weighted by Crippen LogP contribution is -2.41. The van der Waals surface area contributed by atoms with Gasteiger partial charge in [0.05, 0.1) is 5.56 Å². The number of nitrogens with one attached hydrogen (secondary N) is 1. The number of rotatable bonds is 5. The Bertz CT molecular complexity index is 681. The van der Waals surface area contributed by atoms with Gasteiger partial charge < -0.3 is 10.4 Å². The van der Waals surface area contributed by atoms with Gasteiger partial charge in [0.25, 0.3) is 0 Å². The first-order chi connectivity index (χ1) is 10.6. The van der Waals surface area contributed by atoms with Crippen molar-refractivity contribution < 1.29 is 9.90 Å². The first kappa shape index (κ1) is 14.9. The van der Waals surface area contributed by atoms with E-state index >= 15 is 0 Å². The predicted molar refractivity (Wildman–Crippen MR) is 86.7 cm³/mol. The van der Waals surface area contributed by atoms with Crippen molar-refractivity contribution in [3.63, 3.8) is 0 Å². The second-order valence-corrected chi connectivity index (χ2v) is 6.17. The van der Waals surface area contributed by atoms with Gasteiger partial charge in [-0.1, -0.05) is 30.2 Å². The molecule has 0 unspecified atom stereocenters. The van der Waals surface area contributed by atoms with Crippen LogP contribution in [0.3, 0.4) is 0 Å². The molecular weight excluding hydrogens is 300 g/mol. The highest BCUT2D eigenvalue weighted by molar-refractivity contribution is 6.30. The molecule has 5 heteroatoms. The summed E-state index contributed by atoms with van der Waals surface area (Å²) in [7, 11) is 0. The van der Waals surface area contributed by atoms with Gasteiger partial charge in [0.1, 0.15) is 5.82 Å². The lowest BCUT2D eigenvalue weighted by Gasteiger charge is -2.42. The van der Waals surface area contributed by atoms with E-state index in [0.717, 1.165) is 24.4 Å². The summed E-state index contributed by atoms with van der Waals surface area (Å²) < 4.78 is 0. The number of anilines is 1. The van der Waals surface area contributed by atoms with Crippen LogP contribution in [0.5, 0.6) is 0 Å². The molecule has 2 aromatic rings. The molecule has 4 nitrogen and oxygen atoms in total. The van der Waals surface area contributed by atoms with E-state index in [2.05, 4.69) is 16.4 Å². The van der Waals surface area contributed by atoms with Gasteiger partial charge >= 0.3 is 5.97 Å². The van der Waals surface area contributed by atoms with Crippen LogP contribution < -0.4 is 5.32 Å². The predicted octanol–water partition coefficient (Wildman–Crippen LogP) is 3.97. The van der Waals surface area contributed by atoms with Crippen LogP contribution in [-0.4, -0.2) is 22.6 Å². The SMILES string of the molecule is O=C(O)c1ccc(NCC2(c3cccc(Cl)c3)CCC2)nc1. The summed E-state index contributed by atoms with van der Waals surface area (Å²) in [5.41, 5.74) is 1.54. The van der Waals surface area contributed by atoms with Crippen molar-refractivity contribution >= 4 is 23.4 Å². The van der Waals surface area contributed by atoms with E-state index < -0.39 is 5.97 Å². The number of hydrogen-bond acceptors (Lipinski definition) is 3. The molecule has 0 aliphatic heterocycles. The third kappa shape index (κ3) is 2.92. The monoisotopic (exact) mass is 316 g/mol. The van der Waals surface area contributed by atoms with Gasteiger partial charge in [0.2, 0.25) is 0 Å². The van der Waals surface area contributed by atoms with Gasteiger partial charge in [-0.2, -0.15) is 0 Å². The lowest BCUT2D eigenvalue weighted by atomic mass is 9.64. The second kappa shape index (κ2) is 5.97. The quantitative estimate of drug-likeness (QED) is 0.876. The van der Waals surface area contributed by atoms with Crippen LogP contribution in [0.1, 0.15) is 35.2 Å². The molecular formula is C17H17ClN2O2. The Hall–Kier alpha value is -2.07. The number of nitrogens with zero attached hydrogens (tertiary/aromatic N) is 1. The first-order valence-corrected chi connectivity index (χ1v) is 7.66. The number of pyridine rings is 1. The van der Waals surface area contributed by atoms with Crippen molar-refractivity contribution in [2.24, 2.45) is 0 Å². The molecule has 1 aliphatic carbocycles. The highest BCUT2D eigenvalue weighted by Crippen LogP contribution is 2.44. The molecule has 0 amide bonds. The van der Waals surface area contributed by atoms with E-state index in [4.69, 9.17) is 16.7 Å². The number of aromatic nitrogens is 1. The van der Waals surface area contributed by atoms with Gasteiger partial charge in [-0.3, -0.25) is 0 Å². The lowest BCUT2D eigenvalue weighted by molar-refractivity contribution is 0.0696. The van der Waals surface area contributed by atoms with Crippen molar-refractivity contribution in [2.75, 3.05) is 11.9 Å². The number of hydrogen-bond donors (Lipinski definition) is 2. The molecule has 3 rings (SSSR count). The summed E-state index contributed by atoms with van der Waals surface area (Å²) in [6.45, 7) is 0.771. The van der Waals surface area contributed by atoms with Crippen molar-refractivity contribution in [3.8, 4) is 0 Å². The Labute approximate surface area is 134 Å². The maximum Gasteiger partial charge on any atom is 0.337 e. The molecule has 0 spiro atoms. The fourth-order valence-corrected chi connectivity index (χ4v) is 3.06. The Balaban J connectivity index is 1.72. The van der Waals surface area contributed by atoms with Gasteiger partial charge in [-0.05, 0) is 42.7 Å². The zero-order valence-electron chi connectivity index (χ0n) is 12.1. The van der Waals surface area contributed by atoms with Crippen molar-refractivity contribution in [3.05, 3.63) is 58.7 Å². The maximum atomic E-state index is 10.8. The van der Waals surface area contributed by atoms with Crippen molar-refractivity contribution in [1.82, 2.24) is 4.98 Å². The minimum absolute atomic E-state index is 0.0953. The second-order valence-electron chi connectivity index (χ2n) is 5.74. The average Bonchev–Trinajstić information content (AvgIpc) is 2.47. The summed E-state index contributed by atoms with van der Waals surface area (Å²) in [5, 5.41) is 13.0. The largest absolute Gasteiger partial charge is 0.478 e. The van der Waals surface area contributed by atoms with Crippen LogP contribution in [-0.2, 0) is 5.41 Å². The van der Waals surface area contributed by atoms with E-state index in [0.29, 0.717) is 5.82 Å². The third-order valence-corrected chi connectivity index (χ3v) is 4.60. The fourth-order valence-electron chi connectivity index (χ4n) is 2.87. The molecule has 1 fully saturated rings. The molecule has 1 heterocycles. The van der Waals surface area contributed by atoms with Crippen LogP contribution in [0.25, 0.3) is 0 Å². The molecule has 22 heavy (non-hydrogen) atoms. The smallest absolute Gasteiger partial charge is 0.337 e. The number of aromatic carboxylic acids is 1. The number of carbonyl (C=O) groups is 1. The van der Waals surface area contributed by atoms with E-state index in [1.165, 1.54) is 18.2 Å².